The van der Waals surface area contributed by atoms with Gasteiger partial charge < -0.3 is 4.90 Å². The summed E-state index contributed by atoms with van der Waals surface area (Å²) in [6.07, 6.45) is 5.04. The number of hydrogen-bond donors (Lipinski definition) is 0. The lowest BCUT2D eigenvalue weighted by atomic mass is 9.97. The van der Waals surface area contributed by atoms with E-state index in [0.29, 0.717) is 17.8 Å². The van der Waals surface area contributed by atoms with Crippen molar-refractivity contribution >= 4 is 16.8 Å². The molecule has 1 aliphatic rings. The lowest BCUT2D eigenvalue weighted by molar-refractivity contribution is -0.138. The molecule has 1 saturated heterocycles. The second-order valence-electron chi connectivity index (χ2n) is 8.73. The van der Waals surface area contributed by atoms with Gasteiger partial charge in [0.1, 0.15) is 5.82 Å². The van der Waals surface area contributed by atoms with Crippen molar-refractivity contribution in [1.29, 1.82) is 0 Å². The minimum Gasteiger partial charge on any atom is -0.340 e. The molecule has 0 spiro atoms. The van der Waals surface area contributed by atoms with Crippen molar-refractivity contribution in [2.24, 2.45) is 5.92 Å². The average Bonchev–Trinajstić information content (AvgIpc) is 2.81. The highest BCUT2D eigenvalue weighted by Gasteiger charge is 2.29. The number of carbonyl (C=O) groups excluding carboxylic acids is 1. The second-order valence-corrected chi connectivity index (χ2v) is 8.73. The van der Waals surface area contributed by atoms with Crippen molar-refractivity contribution in [1.82, 2.24) is 19.4 Å². The van der Waals surface area contributed by atoms with Gasteiger partial charge in [-0.25, -0.2) is 4.98 Å². The van der Waals surface area contributed by atoms with E-state index < -0.39 is 0 Å². The third-order valence-electron chi connectivity index (χ3n) is 6.63. The lowest BCUT2D eigenvalue weighted by Gasteiger charge is -2.39. The zero-order valence-electron chi connectivity index (χ0n) is 19.6. The second kappa shape index (κ2) is 10.9. The van der Waals surface area contributed by atoms with E-state index >= 15 is 0 Å². The molecule has 2 heterocycles. The zero-order valence-corrected chi connectivity index (χ0v) is 19.6. The molecule has 170 valence electrons. The Morgan fingerprint density at radius 2 is 1.77 bits per heavy atom. The zero-order chi connectivity index (χ0) is 22.4. The maximum absolute atomic E-state index is 13.1. The van der Waals surface area contributed by atoms with Gasteiger partial charge in [0.15, 0.2) is 0 Å². The third-order valence-corrected chi connectivity index (χ3v) is 6.63. The Morgan fingerprint density at radius 3 is 2.42 bits per heavy atom. The smallest absolute Gasteiger partial charge is 0.261 e. The van der Waals surface area contributed by atoms with Gasteiger partial charge in [-0.1, -0.05) is 45.7 Å². The van der Waals surface area contributed by atoms with Crippen LogP contribution in [0.4, 0.5) is 0 Å². The van der Waals surface area contributed by atoms with Crippen LogP contribution in [0.15, 0.2) is 29.1 Å². The van der Waals surface area contributed by atoms with E-state index in [4.69, 9.17) is 4.98 Å². The molecule has 31 heavy (non-hydrogen) atoms. The van der Waals surface area contributed by atoms with Gasteiger partial charge in [-0.05, 0) is 38.3 Å². The summed E-state index contributed by atoms with van der Waals surface area (Å²) < 4.78 is 1.85. The highest BCUT2D eigenvalue weighted by atomic mass is 16.2. The van der Waals surface area contributed by atoms with Crippen molar-refractivity contribution in [3.05, 3.63) is 40.4 Å². The summed E-state index contributed by atoms with van der Waals surface area (Å²) in [6.45, 7) is 12.3. The molecule has 0 N–H and O–H groups in total. The molecule has 3 rings (SSSR count). The fourth-order valence-corrected chi connectivity index (χ4v) is 4.65. The predicted molar refractivity (Wildman–Crippen MR) is 126 cm³/mol. The SMILES string of the molecule is CCCCC(CC)C(=O)N1CCN(C(C)c2nc3ccccc3c(=O)n2CCC)CC1. The number of piperazine rings is 1. The van der Waals surface area contributed by atoms with Crippen molar-refractivity contribution in [2.45, 2.75) is 72.4 Å². The van der Waals surface area contributed by atoms with Crippen molar-refractivity contribution < 1.29 is 4.79 Å². The predicted octanol–water partition coefficient (Wildman–Crippen LogP) is 4.23. The Hall–Kier alpha value is -2.21. The van der Waals surface area contributed by atoms with Crippen LogP contribution in [0.2, 0.25) is 0 Å². The number of fused-ring (bicyclic) bond motifs is 1. The number of aromatic nitrogens is 2. The van der Waals surface area contributed by atoms with E-state index in [9.17, 15) is 9.59 Å². The van der Waals surface area contributed by atoms with E-state index in [0.717, 1.165) is 69.6 Å². The van der Waals surface area contributed by atoms with Crippen LogP contribution in [0.3, 0.4) is 0 Å². The van der Waals surface area contributed by atoms with Crippen LogP contribution in [0.25, 0.3) is 10.9 Å². The lowest BCUT2D eigenvalue weighted by Crippen LogP contribution is -2.51. The summed E-state index contributed by atoms with van der Waals surface area (Å²) in [5.74, 6) is 1.30. The maximum Gasteiger partial charge on any atom is 0.261 e. The first-order chi connectivity index (χ1) is 15.0. The largest absolute Gasteiger partial charge is 0.340 e. The Bertz CT molecular complexity index is 931. The molecule has 1 aromatic heterocycles. The van der Waals surface area contributed by atoms with Gasteiger partial charge in [0.05, 0.1) is 16.9 Å². The molecular formula is C25H38N4O2. The maximum atomic E-state index is 13.1. The molecule has 0 radical (unpaired) electrons. The molecule has 1 fully saturated rings. The number of unbranched alkanes of at least 4 members (excludes halogenated alkanes) is 1. The van der Waals surface area contributed by atoms with Gasteiger partial charge in [-0.15, -0.1) is 0 Å². The van der Waals surface area contributed by atoms with Gasteiger partial charge in [0, 0.05) is 38.6 Å². The molecule has 1 aliphatic heterocycles. The Balaban J connectivity index is 1.75. The quantitative estimate of drug-likeness (QED) is 0.602. The molecule has 2 atom stereocenters. The highest BCUT2D eigenvalue weighted by Crippen LogP contribution is 2.23. The fraction of sp³-hybridized carbons (Fsp3) is 0.640. The van der Waals surface area contributed by atoms with Crippen LogP contribution >= 0.6 is 0 Å². The van der Waals surface area contributed by atoms with Gasteiger partial charge in [-0.2, -0.15) is 0 Å². The molecule has 6 heteroatoms. The van der Waals surface area contributed by atoms with Crippen molar-refractivity contribution in [3.63, 3.8) is 0 Å². The van der Waals surface area contributed by atoms with Crippen LogP contribution in [0, 0.1) is 5.92 Å². The molecule has 2 unspecified atom stereocenters. The minimum absolute atomic E-state index is 0.0307. The molecule has 1 amide bonds. The standard InChI is InChI=1S/C25H38N4O2/c1-5-8-11-20(7-3)24(30)28-17-15-27(16-18-28)19(4)23-26-22-13-10-9-12-21(22)25(31)29(23)14-6-2/h9-10,12-13,19-20H,5-8,11,14-18H2,1-4H3. The van der Waals surface area contributed by atoms with Crippen LogP contribution in [0.1, 0.15) is 71.7 Å². The molecule has 1 aromatic carbocycles. The summed E-state index contributed by atoms with van der Waals surface area (Å²) in [5, 5.41) is 0.681. The van der Waals surface area contributed by atoms with Gasteiger partial charge in [0.2, 0.25) is 5.91 Å². The van der Waals surface area contributed by atoms with Gasteiger partial charge in [0.25, 0.3) is 5.56 Å². The number of benzene rings is 1. The Morgan fingerprint density at radius 1 is 1.06 bits per heavy atom. The first kappa shape index (κ1) is 23.5. The van der Waals surface area contributed by atoms with E-state index in [-0.39, 0.29) is 17.5 Å². The topological polar surface area (TPSA) is 58.4 Å². The molecule has 0 aliphatic carbocycles. The Kier molecular flexibility index (Phi) is 8.24. The monoisotopic (exact) mass is 426 g/mol. The molecule has 0 saturated carbocycles. The third kappa shape index (κ3) is 5.17. The summed E-state index contributed by atoms with van der Waals surface area (Å²) in [4.78, 5) is 35.4. The fourth-order valence-electron chi connectivity index (χ4n) is 4.65. The van der Waals surface area contributed by atoms with Gasteiger partial charge in [-0.3, -0.25) is 19.1 Å². The number of rotatable bonds is 9. The van der Waals surface area contributed by atoms with Crippen molar-refractivity contribution in [3.8, 4) is 0 Å². The van der Waals surface area contributed by atoms with Crippen LogP contribution < -0.4 is 5.56 Å². The van der Waals surface area contributed by atoms with Gasteiger partial charge >= 0.3 is 0 Å². The Labute approximate surface area is 186 Å². The van der Waals surface area contributed by atoms with E-state index in [1.807, 2.05) is 33.7 Å². The van der Waals surface area contributed by atoms with Crippen LogP contribution in [0.5, 0.6) is 0 Å². The summed E-state index contributed by atoms with van der Waals surface area (Å²) in [7, 11) is 0. The summed E-state index contributed by atoms with van der Waals surface area (Å²) in [6, 6.07) is 7.63. The molecule has 6 nitrogen and oxygen atoms in total. The minimum atomic E-state index is 0.0307. The summed E-state index contributed by atoms with van der Waals surface area (Å²) in [5.41, 5.74) is 0.807. The normalized spacial score (nSPS) is 17.1. The highest BCUT2D eigenvalue weighted by molar-refractivity contribution is 5.79. The number of nitrogens with zero attached hydrogens (tertiary/aromatic N) is 4. The molecule has 0 bridgehead atoms. The average molecular weight is 427 g/mol. The summed E-state index contributed by atoms with van der Waals surface area (Å²) >= 11 is 0. The van der Waals surface area contributed by atoms with E-state index in [1.54, 1.807) is 0 Å². The number of para-hydroxylation sites is 1. The van der Waals surface area contributed by atoms with Crippen LogP contribution in [-0.4, -0.2) is 51.4 Å². The van der Waals surface area contributed by atoms with E-state index in [1.165, 1.54) is 0 Å². The van der Waals surface area contributed by atoms with E-state index in [2.05, 4.69) is 32.6 Å². The number of carbonyl (C=O) groups is 1. The number of hydrogen-bond acceptors (Lipinski definition) is 4. The molecular weight excluding hydrogens is 388 g/mol. The number of amides is 1. The molecule has 2 aromatic rings. The van der Waals surface area contributed by atoms with Crippen molar-refractivity contribution in [2.75, 3.05) is 26.2 Å². The first-order valence-corrected chi connectivity index (χ1v) is 12.0. The first-order valence-electron chi connectivity index (χ1n) is 12.0. The van der Waals surface area contributed by atoms with Crippen LogP contribution in [-0.2, 0) is 11.3 Å².